The first-order valence-electron chi connectivity index (χ1n) is 29.5. The summed E-state index contributed by atoms with van der Waals surface area (Å²) in [6.07, 6.45) is 3.63. The highest BCUT2D eigenvalue weighted by molar-refractivity contribution is 5.78. The number of nitrogens with one attached hydrogen (secondary N) is 1. The van der Waals surface area contributed by atoms with Crippen LogP contribution in [0.4, 0.5) is 0 Å². The maximum Gasteiger partial charge on any atom is 0.303 e. The van der Waals surface area contributed by atoms with Crippen LogP contribution in [0.1, 0.15) is 195 Å². The van der Waals surface area contributed by atoms with Gasteiger partial charge in [-0.05, 0) is 72.0 Å². The SMILES string of the molecule is CCCCCC(OC1OCC(OC2OCC(O)C(OC3OCC(OC(C)=O)C(OC(C)=O)C3OC(C)=O)C2O)C(O)C1O)C(CCCCCCCCC(=O)CCCCCCCCCCCC(=O)NCCCCN(C)C)OC(C)=O. The van der Waals surface area contributed by atoms with E-state index < -0.39 is 116 Å². The molecular weight excluding hydrogens is 1030 g/mol. The third kappa shape index (κ3) is 28.4. The van der Waals surface area contributed by atoms with Crippen LogP contribution in [0, 0.1) is 0 Å². The number of Topliss-reactive ketones (excluding diaryl/α,β-unsaturated/α-hetero) is 1. The smallest absolute Gasteiger partial charge is 0.303 e. The quantitative estimate of drug-likeness (QED) is 0.0291. The van der Waals surface area contributed by atoms with Crippen LogP contribution < -0.4 is 5.32 Å². The number of hydrogen-bond donors (Lipinski definition) is 5. The molecule has 0 radical (unpaired) electrons. The Balaban J connectivity index is 1.39. The van der Waals surface area contributed by atoms with Crippen LogP contribution in [-0.2, 0) is 76.1 Å². The first-order chi connectivity index (χ1) is 37.8. The molecule has 1 amide bonds. The Morgan fingerprint density at radius 1 is 0.506 bits per heavy atom. The number of carbonyl (C=O) groups excluding carboxylic acids is 6. The molecule has 22 heteroatoms. The molecule has 3 fully saturated rings. The summed E-state index contributed by atoms with van der Waals surface area (Å²) in [5.74, 6) is -2.33. The molecule has 0 spiro atoms. The second kappa shape index (κ2) is 39.9. The average Bonchev–Trinajstić information content (AvgIpc) is 3.43. The van der Waals surface area contributed by atoms with Gasteiger partial charge in [0, 0.05) is 53.5 Å². The number of unbranched alkanes of at least 4 members (excludes halogenated alkanes) is 16. The second-order valence-electron chi connectivity index (χ2n) is 21.8. The van der Waals surface area contributed by atoms with Crippen LogP contribution >= 0.6 is 0 Å². The Bertz CT molecular complexity index is 1740. The number of esters is 4. The molecule has 14 unspecified atom stereocenters. The van der Waals surface area contributed by atoms with E-state index in [0.29, 0.717) is 37.9 Å². The molecule has 14 atom stereocenters. The number of aliphatic hydroxyl groups is 4. The number of ketones is 1. The lowest BCUT2D eigenvalue weighted by Gasteiger charge is -2.45. The predicted molar refractivity (Wildman–Crippen MR) is 288 cm³/mol. The van der Waals surface area contributed by atoms with Crippen molar-refractivity contribution in [1.82, 2.24) is 10.2 Å². The fraction of sp³-hybridized carbons (Fsp3) is 0.895. The molecule has 22 nitrogen and oxygen atoms in total. The molecule has 3 aliphatic rings. The topological polar surface area (TPSA) is 291 Å². The Morgan fingerprint density at radius 2 is 1.03 bits per heavy atom. The van der Waals surface area contributed by atoms with Crippen molar-refractivity contribution in [2.45, 2.75) is 281 Å². The van der Waals surface area contributed by atoms with Gasteiger partial charge in [0.15, 0.2) is 37.2 Å². The van der Waals surface area contributed by atoms with Gasteiger partial charge < -0.3 is 78.0 Å². The zero-order chi connectivity index (χ0) is 58.1. The number of amides is 1. The number of carbonyl (C=O) groups is 6. The maximum atomic E-state index is 12.6. The highest BCUT2D eigenvalue weighted by Crippen LogP contribution is 2.32. The van der Waals surface area contributed by atoms with E-state index in [9.17, 15) is 49.2 Å². The van der Waals surface area contributed by atoms with Crippen LogP contribution in [0.5, 0.6) is 0 Å². The van der Waals surface area contributed by atoms with E-state index >= 15 is 0 Å². The summed E-state index contributed by atoms with van der Waals surface area (Å²) in [4.78, 5) is 75.1. The van der Waals surface area contributed by atoms with Crippen LogP contribution in [0.3, 0.4) is 0 Å². The van der Waals surface area contributed by atoms with Crippen molar-refractivity contribution in [2.24, 2.45) is 0 Å². The lowest BCUT2D eigenvalue weighted by Crippen LogP contribution is -2.63. The van der Waals surface area contributed by atoms with Gasteiger partial charge in [0.2, 0.25) is 5.91 Å². The zero-order valence-corrected chi connectivity index (χ0v) is 48.6. The summed E-state index contributed by atoms with van der Waals surface area (Å²) >= 11 is 0. The summed E-state index contributed by atoms with van der Waals surface area (Å²) in [6.45, 7) is 7.37. The van der Waals surface area contributed by atoms with E-state index in [1.807, 2.05) is 0 Å². The number of ether oxygens (including phenoxy) is 10. The maximum absolute atomic E-state index is 12.6. The Kier molecular flexibility index (Phi) is 35.3. The minimum absolute atomic E-state index is 0.166. The molecule has 0 bridgehead atoms. The van der Waals surface area contributed by atoms with Crippen LogP contribution in [-0.4, -0.2) is 194 Å². The van der Waals surface area contributed by atoms with E-state index in [-0.39, 0.29) is 19.1 Å². The van der Waals surface area contributed by atoms with Gasteiger partial charge in [-0.15, -0.1) is 0 Å². The molecule has 3 saturated heterocycles. The largest absolute Gasteiger partial charge is 0.460 e. The van der Waals surface area contributed by atoms with Crippen molar-refractivity contribution in [3.8, 4) is 0 Å². The number of rotatable bonds is 41. The van der Waals surface area contributed by atoms with Gasteiger partial charge in [-0.3, -0.25) is 28.8 Å². The molecular formula is C57H100N2O20. The lowest BCUT2D eigenvalue weighted by atomic mass is 9.98. The van der Waals surface area contributed by atoms with Gasteiger partial charge in [0.25, 0.3) is 0 Å². The van der Waals surface area contributed by atoms with Gasteiger partial charge in [-0.25, -0.2) is 0 Å². The molecule has 0 aliphatic carbocycles. The molecule has 3 rings (SSSR count). The molecule has 3 heterocycles. The van der Waals surface area contributed by atoms with E-state index in [2.05, 4.69) is 31.2 Å². The van der Waals surface area contributed by atoms with Crippen molar-refractivity contribution in [1.29, 1.82) is 0 Å². The fourth-order valence-electron chi connectivity index (χ4n) is 10.1. The predicted octanol–water partition coefficient (Wildman–Crippen LogP) is 5.40. The number of nitrogens with zero attached hydrogens (tertiary/aromatic N) is 1. The van der Waals surface area contributed by atoms with E-state index in [1.165, 1.54) is 26.2 Å². The summed E-state index contributed by atoms with van der Waals surface area (Å²) < 4.78 is 57.2. The van der Waals surface area contributed by atoms with Crippen molar-refractivity contribution in [3.05, 3.63) is 0 Å². The normalized spacial score (nSPS) is 26.9. The van der Waals surface area contributed by atoms with Gasteiger partial charge in [0.1, 0.15) is 48.5 Å². The second-order valence-corrected chi connectivity index (χ2v) is 21.8. The van der Waals surface area contributed by atoms with Gasteiger partial charge in [-0.2, -0.15) is 0 Å². The first kappa shape index (κ1) is 69.8. The van der Waals surface area contributed by atoms with Crippen molar-refractivity contribution >= 4 is 35.6 Å². The molecule has 0 aromatic heterocycles. The van der Waals surface area contributed by atoms with Crippen LogP contribution in [0.25, 0.3) is 0 Å². The minimum Gasteiger partial charge on any atom is -0.460 e. The molecule has 0 aromatic carbocycles. The monoisotopic (exact) mass is 1130 g/mol. The van der Waals surface area contributed by atoms with Crippen LogP contribution in [0.15, 0.2) is 0 Å². The first-order valence-corrected chi connectivity index (χ1v) is 29.5. The Labute approximate surface area is 469 Å². The van der Waals surface area contributed by atoms with E-state index in [0.717, 1.165) is 143 Å². The standard InChI is InChI=1S/C57H100N2O20/c1-8-9-21-30-45(44(73-38(2)60)31-24-19-16-15-18-23-29-42(64)28-22-17-13-11-10-12-14-20-25-32-48(66)58-33-26-27-34-59(6)7)77-55-50(68)49(67)46(36-71-55)78-56-51(69)52(43(65)35-70-56)79-57-54(76-41(5)63)53(75-40(4)62)47(37-72-57)74-39(3)61/h43-47,49-57,65,67-69H,8-37H2,1-7H3,(H,58,66). The molecule has 0 aromatic rings. The third-order valence-electron chi connectivity index (χ3n) is 14.3. The van der Waals surface area contributed by atoms with Gasteiger partial charge in [-0.1, -0.05) is 96.8 Å². The van der Waals surface area contributed by atoms with E-state index in [4.69, 9.17) is 47.4 Å². The molecule has 3 aliphatic heterocycles. The summed E-state index contributed by atoms with van der Waals surface area (Å²) in [6, 6.07) is 0. The van der Waals surface area contributed by atoms with Crippen molar-refractivity contribution in [2.75, 3.05) is 47.0 Å². The summed E-state index contributed by atoms with van der Waals surface area (Å²) in [5.41, 5.74) is 0. The number of aliphatic hydroxyl groups excluding tert-OH is 4. The third-order valence-corrected chi connectivity index (χ3v) is 14.3. The van der Waals surface area contributed by atoms with Crippen molar-refractivity contribution < 1.29 is 96.6 Å². The highest BCUT2D eigenvalue weighted by Gasteiger charge is 2.52. The molecule has 79 heavy (non-hydrogen) atoms. The molecule has 5 N–H and O–H groups in total. The van der Waals surface area contributed by atoms with Gasteiger partial charge >= 0.3 is 23.9 Å². The minimum atomic E-state index is -1.77. The summed E-state index contributed by atoms with van der Waals surface area (Å²) in [7, 11) is 4.12. The Morgan fingerprint density at radius 3 is 1.61 bits per heavy atom. The van der Waals surface area contributed by atoms with E-state index in [1.54, 1.807) is 0 Å². The zero-order valence-electron chi connectivity index (χ0n) is 48.6. The number of hydrogen-bond acceptors (Lipinski definition) is 21. The lowest BCUT2D eigenvalue weighted by molar-refractivity contribution is -0.356. The average molecular weight is 1130 g/mol. The summed E-state index contributed by atoms with van der Waals surface area (Å²) in [5, 5.41) is 48.0. The van der Waals surface area contributed by atoms with Gasteiger partial charge in [0.05, 0.1) is 25.9 Å². The molecule has 0 saturated carbocycles. The molecule has 458 valence electrons. The highest BCUT2D eigenvalue weighted by atomic mass is 16.8. The fourth-order valence-corrected chi connectivity index (χ4v) is 10.1. The Hall–Kier alpha value is -3.42. The van der Waals surface area contributed by atoms with Crippen LogP contribution in [0.2, 0.25) is 0 Å². The van der Waals surface area contributed by atoms with Crippen molar-refractivity contribution in [3.63, 3.8) is 0 Å².